The molecule has 0 spiro atoms. The highest BCUT2D eigenvalue weighted by atomic mass is 35.5. The molecule has 1 aromatic rings. The number of hydrogen-bond acceptors (Lipinski definition) is 5. The van der Waals surface area contributed by atoms with E-state index in [2.05, 4.69) is 4.98 Å². The molecule has 3 heterocycles. The highest BCUT2D eigenvalue weighted by molar-refractivity contribution is 6.33. The Bertz CT molecular complexity index is 649. The summed E-state index contributed by atoms with van der Waals surface area (Å²) < 4.78 is 5.27. The molecule has 2 amide bonds. The molecule has 7 nitrogen and oxygen atoms in total. The van der Waals surface area contributed by atoms with Crippen molar-refractivity contribution in [1.29, 1.82) is 0 Å². The maximum Gasteiger partial charge on any atom is 0.255 e. The molecule has 25 heavy (non-hydrogen) atoms. The molecule has 136 valence electrons. The molecule has 2 aliphatic rings. The first-order valence-corrected chi connectivity index (χ1v) is 8.95. The van der Waals surface area contributed by atoms with Crippen LogP contribution in [-0.4, -0.2) is 79.6 Å². The first-order valence-electron chi connectivity index (χ1n) is 8.58. The summed E-state index contributed by atoms with van der Waals surface area (Å²) in [5.74, 6) is 0.750. The number of hydrogen-bond donors (Lipinski definition) is 0. The summed E-state index contributed by atoms with van der Waals surface area (Å²) in [5, 5.41) is 0.439. The lowest BCUT2D eigenvalue weighted by Crippen LogP contribution is -2.40. The van der Waals surface area contributed by atoms with Gasteiger partial charge in [-0.3, -0.25) is 9.59 Å². The standard InChI is InChI=1S/C17H23ClN4O3/c1-20(5-6-21-4-2-3-15(21)23)16-14(18)11-13(12-19-16)17(24)22-7-9-25-10-8-22/h11-12H,2-10H2,1H3. The molecule has 0 saturated carbocycles. The maximum atomic E-state index is 12.5. The quantitative estimate of drug-likeness (QED) is 0.785. The third-order valence-corrected chi connectivity index (χ3v) is 4.88. The van der Waals surface area contributed by atoms with Crippen molar-refractivity contribution in [3.63, 3.8) is 0 Å². The van der Waals surface area contributed by atoms with E-state index in [1.54, 1.807) is 17.2 Å². The number of rotatable bonds is 5. The summed E-state index contributed by atoms with van der Waals surface area (Å²) >= 11 is 6.35. The number of halogens is 1. The lowest BCUT2D eigenvalue weighted by molar-refractivity contribution is -0.127. The Balaban J connectivity index is 1.62. The van der Waals surface area contributed by atoms with Gasteiger partial charge in [0.15, 0.2) is 0 Å². The van der Waals surface area contributed by atoms with Gasteiger partial charge in [-0.2, -0.15) is 0 Å². The highest BCUT2D eigenvalue weighted by Crippen LogP contribution is 2.24. The molecule has 3 rings (SSSR count). The zero-order valence-corrected chi connectivity index (χ0v) is 15.2. The van der Waals surface area contributed by atoms with Gasteiger partial charge in [0.1, 0.15) is 5.82 Å². The van der Waals surface area contributed by atoms with Crippen LogP contribution in [0.3, 0.4) is 0 Å². The van der Waals surface area contributed by atoms with E-state index in [1.807, 2.05) is 16.8 Å². The van der Waals surface area contributed by atoms with E-state index in [-0.39, 0.29) is 11.8 Å². The first-order chi connectivity index (χ1) is 12.1. The maximum absolute atomic E-state index is 12.5. The normalized spacial score (nSPS) is 17.9. The lowest BCUT2D eigenvalue weighted by atomic mass is 10.2. The number of morpholine rings is 1. The molecule has 0 bridgehead atoms. The number of anilines is 1. The van der Waals surface area contributed by atoms with Crippen molar-refractivity contribution in [1.82, 2.24) is 14.8 Å². The molecule has 0 atom stereocenters. The van der Waals surface area contributed by atoms with Crippen molar-refractivity contribution >= 4 is 29.2 Å². The number of carbonyl (C=O) groups is 2. The van der Waals surface area contributed by atoms with Gasteiger partial charge < -0.3 is 19.4 Å². The van der Waals surface area contributed by atoms with Crippen LogP contribution >= 0.6 is 11.6 Å². The molecule has 0 radical (unpaired) electrons. The van der Waals surface area contributed by atoms with Crippen molar-refractivity contribution in [3.8, 4) is 0 Å². The number of pyridine rings is 1. The van der Waals surface area contributed by atoms with Crippen molar-refractivity contribution in [2.75, 3.05) is 57.9 Å². The molecular formula is C17H23ClN4O3. The van der Waals surface area contributed by atoms with E-state index in [0.717, 1.165) is 13.0 Å². The minimum Gasteiger partial charge on any atom is -0.378 e. The van der Waals surface area contributed by atoms with Crippen LogP contribution in [0.2, 0.25) is 5.02 Å². The van der Waals surface area contributed by atoms with Gasteiger partial charge in [-0.15, -0.1) is 0 Å². The van der Waals surface area contributed by atoms with Crippen LogP contribution in [-0.2, 0) is 9.53 Å². The van der Waals surface area contributed by atoms with E-state index >= 15 is 0 Å². The summed E-state index contributed by atoms with van der Waals surface area (Å²) in [5.41, 5.74) is 0.485. The molecule has 0 aromatic carbocycles. The second-order valence-corrected chi connectivity index (χ2v) is 6.75. The Morgan fingerprint density at radius 3 is 2.76 bits per heavy atom. The van der Waals surface area contributed by atoms with Gasteiger partial charge in [0.2, 0.25) is 5.91 Å². The Morgan fingerprint density at radius 2 is 2.12 bits per heavy atom. The predicted molar refractivity (Wildman–Crippen MR) is 95.1 cm³/mol. The van der Waals surface area contributed by atoms with Gasteiger partial charge in [0.25, 0.3) is 5.91 Å². The van der Waals surface area contributed by atoms with Crippen LogP contribution in [0.25, 0.3) is 0 Å². The number of likely N-dealkylation sites (tertiary alicyclic amines) is 1. The SMILES string of the molecule is CN(CCN1CCCC1=O)c1ncc(C(=O)N2CCOCC2)cc1Cl. The van der Waals surface area contributed by atoms with Crippen LogP contribution < -0.4 is 4.90 Å². The van der Waals surface area contributed by atoms with E-state index in [9.17, 15) is 9.59 Å². The van der Waals surface area contributed by atoms with Gasteiger partial charge in [0.05, 0.1) is 23.8 Å². The van der Waals surface area contributed by atoms with Gasteiger partial charge >= 0.3 is 0 Å². The second-order valence-electron chi connectivity index (χ2n) is 6.34. The minimum absolute atomic E-state index is 0.0745. The van der Waals surface area contributed by atoms with Crippen LogP contribution in [0.4, 0.5) is 5.82 Å². The molecule has 2 fully saturated rings. The Morgan fingerprint density at radius 1 is 1.36 bits per heavy atom. The zero-order valence-electron chi connectivity index (χ0n) is 14.4. The van der Waals surface area contributed by atoms with Gasteiger partial charge in [-0.05, 0) is 12.5 Å². The number of amides is 2. The van der Waals surface area contributed by atoms with Crippen LogP contribution in [0.1, 0.15) is 23.2 Å². The molecular weight excluding hydrogens is 344 g/mol. The molecule has 2 aliphatic heterocycles. The fourth-order valence-corrected chi connectivity index (χ4v) is 3.41. The van der Waals surface area contributed by atoms with Gasteiger partial charge in [-0.1, -0.05) is 11.6 Å². The van der Waals surface area contributed by atoms with Crippen molar-refractivity contribution in [2.45, 2.75) is 12.8 Å². The number of likely N-dealkylation sites (N-methyl/N-ethyl adjacent to an activating group) is 1. The van der Waals surface area contributed by atoms with Gasteiger partial charge in [-0.25, -0.2) is 4.98 Å². The largest absolute Gasteiger partial charge is 0.378 e. The Hall–Kier alpha value is -1.86. The Labute approximate surface area is 152 Å². The first kappa shape index (κ1) is 17.9. The summed E-state index contributed by atoms with van der Waals surface area (Å²) in [4.78, 5) is 34.1. The second kappa shape index (κ2) is 8.01. The molecule has 1 aromatic heterocycles. The molecule has 0 N–H and O–H groups in total. The number of ether oxygens (including phenoxy) is 1. The van der Waals surface area contributed by atoms with Crippen molar-refractivity contribution < 1.29 is 14.3 Å². The fourth-order valence-electron chi connectivity index (χ4n) is 3.09. The molecule has 2 saturated heterocycles. The lowest BCUT2D eigenvalue weighted by Gasteiger charge is -2.27. The van der Waals surface area contributed by atoms with E-state index in [1.165, 1.54) is 0 Å². The smallest absolute Gasteiger partial charge is 0.255 e. The summed E-state index contributed by atoms with van der Waals surface area (Å²) in [7, 11) is 1.89. The average molecular weight is 367 g/mol. The number of carbonyl (C=O) groups excluding carboxylic acids is 2. The molecule has 0 unspecified atom stereocenters. The summed E-state index contributed by atoms with van der Waals surface area (Å²) in [6.45, 7) is 4.41. The summed E-state index contributed by atoms with van der Waals surface area (Å²) in [6, 6.07) is 1.67. The van der Waals surface area contributed by atoms with E-state index < -0.39 is 0 Å². The topological polar surface area (TPSA) is 66.0 Å². The van der Waals surface area contributed by atoms with E-state index in [0.29, 0.717) is 62.2 Å². The molecule has 8 heteroatoms. The van der Waals surface area contributed by atoms with Crippen molar-refractivity contribution in [3.05, 3.63) is 22.8 Å². The van der Waals surface area contributed by atoms with E-state index in [4.69, 9.17) is 16.3 Å². The summed E-state index contributed by atoms with van der Waals surface area (Å²) in [6.07, 6.45) is 3.14. The van der Waals surface area contributed by atoms with Crippen LogP contribution in [0.5, 0.6) is 0 Å². The third kappa shape index (κ3) is 4.22. The highest BCUT2D eigenvalue weighted by Gasteiger charge is 2.22. The number of aromatic nitrogens is 1. The third-order valence-electron chi connectivity index (χ3n) is 4.61. The van der Waals surface area contributed by atoms with Crippen LogP contribution in [0.15, 0.2) is 12.3 Å². The monoisotopic (exact) mass is 366 g/mol. The fraction of sp³-hybridized carbons (Fsp3) is 0.588. The van der Waals surface area contributed by atoms with Crippen LogP contribution in [0, 0.1) is 0 Å². The zero-order chi connectivity index (χ0) is 17.8. The Kier molecular flexibility index (Phi) is 5.75. The minimum atomic E-state index is -0.0745. The number of nitrogens with zero attached hydrogens (tertiary/aromatic N) is 4. The van der Waals surface area contributed by atoms with Gasteiger partial charge in [0, 0.05) is 52.4 Å². The molecule has 0 aliphatic carbocycles. The average Bonchev–Trinajstić information content (AvgIpc) is 3.04. The predicted octanol–water partition coefficient (Wildman–Crippen LogP) is 1.27. The van der Waals surface area contributed by atoms with Crippen molar-refractivity contribution in [2.24, 2.45) is 0 Å².